The normalized spacial score (nSPS) is 20.5. The molecule has 186 valence electrons. The van der Waals surface area contributed by atoms with Gasteiger partial charge in [0.2, 0.25) is 5.95 Å². The average molecular weight is 543 g/mol. The van der Waals surface area contributed by atoms with Crippen molar-refractivity contribution in [1.82, 2.24) is 14.9 Å². The molecule has 5 rings (SSSR count). The summed E-state index contributed by atoms with van der Waals surface area (Å²) in [6, 6.07) is 5.20. The average Bonchev–Trinajstić information content (AvgIpc) is 3.16. The van der Waals surface area contributed by atoms with Crippen LogP contribution in [0.1, 0.15) is 23.1 Å². The highest BCUT2D eigenvalue weighted by atomic mass is 35.5. The van der Waals surface area contributed by atoms with Gasteiger partial charge in [0.25, 0.3) is 0 Å². The van der Waals surface area contributed by atoms with Gasteiger partial charge in [0.05, 0.1) is 32.8 Å². The number of hydrogen-bond acceptors (Lipinski definition) is 7. The van der Waals surface area contributed by atoms with E-state index in [1.165, 1.54) is 6.07 Å². The molecule has 0 fully saturated rings. The number of aromatic nitrogens is 2. The van der Waals surface area contributed by atoms with E-state index in [9.17, 15) is 17.4 Å². The Hall–Kier alpha value is -2.34. The Morgan fingerprint density at radius 2 is 2.09 bits per heavy atom. The van der Waals surface area contributed by atoms with E-state index in [2.05, 4.69) is 26.1 Å². The minimum atomic E-state index is -4.68. The van der Waals surface area contributed by atoms with E-state index in [1.807, 2.05) is 19.2 Å². The molecule has 1 unspecified atom stereocenters. The summed E-state index contributed by atoms with van der Waals surface area (Å²) < 4.78 is 60.2. The fourth-order valence-corrected chi connectivity index (χ4v) is 7.49. The van der Waals surface area contributed by atoms with Crippen LogP contribution in [-0.2, 0) is 28.7 Å². The first-order valence-electron chi connectivity index (χ1n) is 10.8. The second-order valence-corrected chi connectivity index (χ2v) is 12.5. The molecule has 12 heteroatoms. The summed E-state index contributed by atoms with van der Waals surface area (Å²) in [4.78, 5) is 10.8. The van der Waals surface area contributed by atoms with Crippen molar-refractivity contribution in [1.29, 1.82) is 0 Å². The summed E-state index contributed by atoms with van der Waals surface area (Å²) in [6.45, 7) is 2.00. The summed E-state index contributed by atoms with van der Waals surface area (Å²) in [5.41, 5.74) is 1.44. The number of likely N-dealkylation sites (N-methyl/N-ethyl adjacent to an activating group) is 1. The lowest BCUT2D eigenvalue weighted by molar-refractivity contribution is -0.137. The van der Waals surface area contributed by atoms with Gasteiger partial charge in [-0.1, -0.05) is 22.9 Å². The molecule has 4 heterocycles. The Kier molecular flexibility index (Phi) is 6.23. The Balaban J connectivity index is 1.56. The van der Waals surface area contributed by atoms with Crippen molar-refractivity contribution >= 4 is 50.0 Å². The molecule has 0 aliphatic carbocycles. The third-order valence-electron chi connectivity index (χ3n) is 5.98. The van der Waals surface area contributed by atoms with E-state index in [0.717, 1.165) is 48.2 Å². The maximum Gasteiger partial charge on any atom is 0.420 e. The maximum atomic E-state index is 13.9. The summed E-state index contributed by atoms with van der Waals surface area (Å²) in [5.74, 6) is 4.09. The van der Waals surface area contributed by atoms with Gasteiger partial charge >= 0.3 is 6.18 Å². The van der Waals surface area contributed by atoms with E-state index in [0.29, 0.717) is 39.4 Å². The molecular formula is C23H22ClF3N4O2S2. The van der Waals surface area contributed by atoms with Crippen LogP contribution in [0.5, 0.6) is 5.06 Å². The van der Waals surface area contributed by atoms with Crippen molar-refractivity contribution in [3.8, 4) is 15.6 Å². The fraction of sp³-hybridized carbons (Fsp3) is 0.348. The lowest BCUT2D eigenvalue weighted by atomic mass is 9.99. The van der Waals surface area contributed by atoms with Gasteiger partial charge in [-0.3, -0.25) is 4.21 Å². The first-order valence-corrected chi connectivity index (χ1v) is 13.9. The van der Waals surface area contributed by atoms with E-state index >= 15 is 0 Å². The van der Waals surface area contributed by atoms with Crippen LogP contribution >= 0.6 is 22.9 Å². The van der Waals surface area contributed by atoms with Crippen molar-refractivity contribution in [2.24, 2.45) is 0 Å². The molecule has 0 spiro atoms. The topological polar surface area (TPSA) is 67.3 Å². The molecule has 0 saturated heterocycles. The molecule has 0 bridgehead atoms. The lowest BCUT2D eigenvalue weighted by Crippen LogP contribution is -2.26. The summed E-state index contributed by atoms with van der Waals surface area (Å²) in [6.07, 6.45) is -2.54. The van der Waals surface area contributed by atoms with Crippen LogP contribution in [0, 0.1) is 0 Å². The minimum absolute atomic E-state index is 0.0253. The maximum absolute atomic E-state index is 13.9. The van der Waals surface area contributed by atoms with Gasteiger partial charge in [-0.15, -0.1) is 0 Å². The largest absolute Gasteiger partial charge is 0.483 e. The number of fused-ring (bicyclic) bond motifs is 2. The Morgan fingerprint density at radius 1 is 1.29 bits per heavy atom. The van der Waals surface area contributed by atoms with Gasteiger partial charge in [0.15, 0.2) is 5.06 Å². The van der Waals surface area contributed by atoms with Crippen LogP contribution in [0.25, 0.3) is 10.6 Å². The van der Waals surface area contributed by atoms with Gasteiger partial charge in [0.1, 0.15) is 5.56 Å². The van der Waals surface area contributed by atoms with E-state index in [4.69, 9.17) is 16.3 Å². The van der Waals surface area contributed by atoms with Crippen LogP contribution < -0.4 is 10.1 Å². The third kappa shape index (κ3) is 4.87. The van der Waals surface area contributed by atoms with Crippen molar-refractivity contribution in [2.45, 2.75) is 30.5 Å². The summed E-state index contributed by atoms with van der Waals surface area (Å²) >= 11 is 7.45. The molecule has 0 amide bonds. The Bertz CT molecular complexity index is 1410. The van der Waals surface area contributed by atoms with Crippen molar-refractivity contribution in [2.75, 3.05) is 31.3 Å². The summed E-state index contributed by atoms with van der Waals surface area (Å²) in [5, 5.41) is 3.73. The quantitative estimate of drug-likeness (QED) is 0.443. The third-order valence-corrected chi connectivity index (χ3v) is 9.53. The van der Waals surface area contributed by atoms with Gasteiger partial charge in [0, 0.05) is 34.6 Å². The number of ether oxygens (including phenoxy) is 1. The number of rotatable bonds is 3. The number of nitrogens with one attached hydrogen (secondary N) is 1. The number of thiophene rings is 1. The Morgan fingerprint density at radius 3 is 2.86 bits per heavy atom. The molecule has 1 aromatic carbocycles. The van der Waals surface area contributed by atoms with Gasteiger partial charge in [-0.05, 0) is 55.1 Å². The van der Waals surface area contributed by atoms with E-state index in [1.54, 1.807) is 0 Å². The highest BCUT2D eigenvalue weighted by molar-refractivity contribution is 8.00. The number of hydrogen-bond donors (Lipinski definition) is 1. The van der Waals surface area contributed by atoms with E-state index < -0.39 is 21.3 Å². The van der Waals surface area contributed by atoms with Crippen molar-refractivity contribution in [3.63, 3.8) is 0 Å². The smallest absolute Gasteiger partial charge is 0.420 e. The van der Waals surface area contributed by atoms with Gasteiger partial charge in [-0.2, -0.15) is 13.2 Å². The van der Waals surface area contributed by atoms with Crippen LogP contribution in [0.2, 0.25) is 5.02 Å². The zero-order valence-electron chi connectivity index (χ0n) is 18.7. The molecule has 6 nitrogen and oxygen atoms in total. The molecule has 1 N–H and O–H groups in total. The van der Waals surface area contributed by atoms with E-state index in [-0.39, 0.29) is 16.5 Å². The zero-order valence-corrected chi connectivity index (χ0v) is 21.1. The fourth-order valence-electron chi connectivity index (χ4n) is 4.18. The van der Waals surface area contributed by atoms with Crippen molar-refractivity contribution in [3.05, 3.63) is 46.1 Å². The number of alkyl halides is 3. The van der Waals surface area contributed by atoms with Crippen LogP contribution in [0.15, 0.2) is 29.3 Å². The minimum Gasteiger partial charge on any atom is -0.483 e. The van der Waals surface area contributed by atoms with Gasteiger partial charge in [-0.25, -0.2) is 9.97 Å². The number of anilines is 2. The molecule has 1 atom stereocenters. The second kappa shape index (κ2) is 8.95. The highest BCUT2D eigenvalue weighted by Crippen LogP contribution is 2.45. The summed E-state index contributed by atoms with van der Waals surface area (Å²) in [7, 11) is -0.636. The molecule has 0 radical (unpaired) electrons. The number of nitrogens with zero attached hydrogens (tertiary/aromatic N) is 3. The van der Waals surface area contributed by atoms with Crippen LogP contribution in [-0.4, -0.2) is 50.9 Å². The second-order valence-electron chi connectivity index (χ2n) is 8.65. The SMILES string of the molecule is C=S1(=O)CCCOc2sc(-c3nc(Nc4cc5c(cc4Cl)CN(C)CC5)ncc3C(F)(F)F)cc21. The number of halogens is 4. The predicted octanol–water partition coefficient (Wildman–Crippen LogP) is 5.47. The lowest BCUT2D eigenvalue weighted by Gasteiger charge is -2.26. The number of benzene rings is 1. The first kappa shape index (κ1) is 24.4. The zero-order chi connectivity index (χ0) is 25.0. The monoisotopic (exact) mass is 542 g/mol. The van der Waals surface area contributed by atoms with Crippen molar-refractivity contribution < 1.29 is 22.1 Å². The predicted molar refractivity (Wildman–Crippen MR) is 134 cm³/mol. The molecule has 2 aromatic heterocycles. The first-order chi connectivity index (χ1) is 16.5. The molecule has 3 aromatic rings. The molecular weight excluding hydrogens is 521 g/mol. The van der Waals surface area contributed by atoms with Crippen LogP contribution in [0.3, 0.4) is 0 Å². The molecule has 2 aliphatic heterocycles. The molecule has 35 heavy (non-hydrogen) atoms. The highest BCUT2D eigenvalue weighted by Gasteiger charge is 2.37. The molecule has 2 aliphatic rings. The Labute approximate surface area is 210 Å². The standard InChI is InChI=1S/C23H22ClF3N4O2S2/c1-31-5-4-13-9-17(16(24)8-14(13)12-31)29-22-28-11-15(23(25,26)27)20(30-22)18-10-19-21(34-18)33-6-3-7-35(19,2)32/h8-11H,2-7,12H2,1H3,(H,28,29,30). The van der Waals surface area contributed by atoms with Gasteiger partial charge < -0.3 is 15.0 Å². The molecule has 0 saturated carbocycles. The van der Waals surface area contributed by atoms with Crippen LogP contribution in [0.4, 0.5) is 24.8 Å².